The molecule has 1 aliphatic rings. The Morgan fingerprint density at radius 1 is 1.21 bits per heavy atom. The summed E-state index contributed by atoms with van der Waals surface area (Å²) in [5, 5.41) is 15.5. The van der Waals surface area contributed by atoms with Gasteiger partial charge in [0.2, 0.25) is 0 Å². The first kappa shape index (κ1) is 21.7. The van der Waals surface area contributed by atoms with Gasteiger partial charge in [-0.25, -0.2) is 9.37 Å². The number of nitrogens with one attached hydrogen (secondary N) is 1. The smallest absolute Gasteiger partial charge is 0.190 e. The minimum absolute atomic E-state index is 0.0512. The Hall–Kier alpha value is -3.17. The largest absolute Gasteiger partial charge is 0.383 e. The maximum absolute atomic E-state index is 15.0. The van der Waals surface area contributed by atoms with Crippen molar-refractivity contribution >= 4 is 17.2 Å². The van der Waals surface area contributed by atoms with E-state index < -0.39 is 0 Å². The first-order valence-electron chi connectivity index (χ1n) is 10.9. The van der Waals surface area contributed by atoms with Gasteiger partial charge in [-0.2, -0.15) is 4.68 Å². The molecule has 3 N–H and O–H groups in total. The lowest BCUT2D eigenvalue weighted by atomic mass is 9.85. The highest BCUT2D eigenvalue weighted by atomic mass is 32.1. The van der Waals surface area contributed by atoms with Crippen LogP contribution in [0.4, 0.5) is 10.2 Å². The Labute approximate surface area is 195 Å². The van der Waals surface area contributed by atoms with Crippen molar-refractivity contribution in [1.82, 2.24) is 30.5 Å². The number of tetrazole rings is 1. The van der Waals surface area contributed by atoms with Crippen LogP contribution in [0.2, 0.25) is 0 Å². The van der Waals surface area contributed by atoms with E-state index in [0.29, 0.717) is 22.8 Å². The molecule has 7 nitrogen and oxygen atoms in total. The average Bonchev–Trinajstić information content (AvgIpc) is 3.41. The Kier molecular flexibility index (Phi) is 5.25. The van der Waals surface area contributed by atoms with Gasteiger partial charge >= 0.3 is 0 Å². The molecule has 0 spiro atoms. The molecule has 0 aliphatic carbocycles. The molecule has 0 bridgehead atoms. The minimum atomic E-state index is -0.357. The fourth-order valence-electron chi connectivity index (χ4n) is 4.26. The summed E-state index contributed by atoms with van der Waals surface area (Å²) in [6.45, 7) is 10.1. The standard InChI is InChI=1S/C24H26FN7S/c1-13-5-6-18(21(25)14(13)2)32-23(29-30-31-32)16-9-15(11-28-22(16)26)20-10-17-19(33-20)7-8-27-12-24(17,3)4/h5-6,9-11,27H,7-8,12H2,1-4H3,(H2,26,28). The van der Waals surface area contributed by atoms with Crippen LogP contribution in [-0.4, -0.2) is 38.3 Å². The van der Waals surface area contributed by atoms with Gasteiger partial charge in [-0.05, 0) is 65.6 Å². The molecule has 33 heavy (non-hydrogen) atoms. The third kappa shape index (κ3) is 3.71. The van der Waals surface area contributed by atoms with Crippen LogP contribution in [0.1, 0.15) is 35.4 Å². The third-order valence-electron chi connectivity index (χ3n) is 6.41. The first-order chi connectivity index (χ1) is 15.8. The number of rotatable bonds is 3. The van der Waals surface area contributed by atoms with Crippen molar-refractivity contribution < 1.29 is 4.39 Å². The summed E-state index contributed by atoms with van der Waals surface area (Å²) in [6, 6.07) is 7.74. The molecule has 3 aromatic heterocycles. The summed E-state index contributed by atoms with van der Waals surface area (Å²) in [4.78, 5) is 6.95. The summed E-state index contributed by atoms with van der Waals surface area (Å²) >= 11 is 1.78. The highest BCUT2D eigenvalue weighted by Gasteiger charge is 2.28. The molecule has 4 heterocycles. The fourth-order valence-corrected chi connectivity index (χ4v) is 5.59. The van der Waals surface area contributed by atoms with Gasteiger partial charge in [-0.15, -0.1) is 16.4 Å². The molecular weight excluding hydrogens is 437 g/mol. The van der Waals surface area contributed by atoms with Crippen molar-refractivity contribution in [3.8, 4) is 27.5 Å². The van der Waals surface area contributed by atoms with Gasteiger partial charge < -0.3 is 11.1 Å². The summed E-state index contributed by atoms with van der Waals surface area (Å²) in [5.41, 5.74) is 10.9. The lowest BCUT2D eigenvalue weighted by Gasteiger charge is -2.23. The number of aromatic nitrogens is 5. The van der Waals surface area contributed by atoms with Crippen molar-refractivity contribution in [2.75, 3.05) is 18.8 Å². The number of nitrogen functional groups attached to an aromatic ring is 1. The van der Waals surface area contributed by atoms with E-state index in [1.807, 2.05) is 19.1 Å². The second kappa shape index (κ2) is 8.00. The molecule has 170 valence electrons. The molecule has 1 aliphatic heterocycles. The van der Waals surface area contributed by atoms with Gasteiger partial charge in [-0.1, -0.05) is 19.9 Å². The molecule has 0 unspecified atom stereocenters. The summed E-state index contributed by atoms with van der Waals surface area (Å²) in [6.07, 6.45) is 2.78. The highest BCUT2D eigenvalue weighted by Crippen LogP contribution is 2.40. The second-order valence-corrected chi connectivity index (χ2v) is 10.3. The maximum atomic E-state index is 15.0. The molecule has 0 saturated heterocycles. The Morgan fingerprint density at radius 2 is 2.03 bits per heavy atom. The van der Waals surface area contributed by atoms with Crippen LogP contribution >= 0.6 is 11.3 Å². The molecule has 4 aromatic rings. The average molecular weight is 464 g/mol. The van der Waals surface area contributed by atoms with Gasteiger partial charge in [0.05, 0.1) is 5.56 Å². The molecule has 9 heteroatoms. The van der Waals surface area contributed by atoms with Crippen molar-refractivity contribution in [3.63, 3.8) is 0 Å². The molecule has 0 saturated carbocycles. The van der Waals surface area contributed by atoms with E-state index in [1.165, 1.54) is 15.1 Å². The summed E-state index contributed by atoms with van der Waals surface area (Å²) < 4.78 is 16.4. The highest BCUT2D eigenvalue weighted by molar-refractivity contribution is 7.15. The number of pyridine rings is 1. The van der Waals surface area contributed by atoms with Gasteiger partial charge in [0, 0.05) is 40.0 Å². The van der Waals surface area contributed by atoms with E-state index >= 15 is 4.39 Å². The van der Waals surface area contributed by atoms with Crippen LogP contribution in [0.25, 0.3) is 27.5 Å². The van der Waals surface area contributed by atoms with Crippen LogP contribution < -0.4 is 11.1 Å². The molecule has 0 atom stereocenters. The van der Waals surface area contributed by atoms with Crippen LogP contribution in [-0.2, 0) is 11.8 Å². The Balaban J connectivity index is 1.61. The lowest BCUT2D eigenvalue weighted by molar-refractivity contribution is 0.489. The fraction of sp³-hybridized carbons (Fsp3) is 0.333. The number of halogens is 1. The molecular formula is C24H26FN7S. The predicted molar refractivity (Wildman–Crippen MR) is 129 cm³/mol. The number of hydrogen-bond acceptors (Lipinski definition) is 7. The summed E-state index contributed by atoms with van der Waals surface area (Å²) in [5.74, 6) is 0.289. The van der Waals surface area contributed by atoms with Gasteiger partial charge in [-0.3, -0.25) is 0 Å². The van der Waals surface area contributed by atoms with Gasteiger partial charge in [0.15, 0.2) is 11.6 Å². The third-order valence-corrected chi connectivity index (χ3v) is 7.66. The van der Waals surface area contributed by atoms with Crippen LogP contribution in [0.3, 0.4) is 0 Å². The van der Waals surface area contributed by atoms with E-state index in [-0.39, 0.29) is 16.9 Å². The zero-order valence-electron chi connectivity index (χ0n) is 19.1. The maximum Gasteiger partial charge on any atom is 0.190 e. The van der Waals surface area contributed by atoms with Crippen molar-refractivity contribution in [1.29, 1.82) is 0 Å². The van der Waals surface area contributed by atoms with Crippen LogP contribution in [0, 0.1) is 19.7 Å². The van der Waals surface area contributed by atoms with Gasteiger partial charge in [0.1, 0.15) is 11.5 Å². The van der Waals surface area contributed by atoms with Gasteiger partial charge in [0.25, 0.3) is 0 Å². The topological polar surface area (TPSA) is 94.5 Å². The monoisotopic (exact) mass is 463 g/mol. The van der Waals surface area contributed by atoms with E-state index in [9.17, 15) is 0 Å². The number of thiophene rings is 1. The number of benzene rings is 1. The number of aryl methyl sites for hydroxylation is 1. The molecule has 5 rings (SSSR count). The Bertz CT molecular complexity index is 1360. The molecule has 0 fully saturated rings. The van der Waals surface area contributed by atoms with Crippen molar-refractivity contribution in [2.45, 2.75) is 39.5 Å². The number of anilines is 1. The van der Waals surface area contributed by atoms with Crippen LogP contribution in [0.15, 0.2) is 30.5 Å². The Morgan fingerprint density at radius 3 is 2.85 bits per heavy atom. The van der Waals surface area contributed by atoms with Crippen molar-refractivity contribution in [3.05, 3.63) is 57.8 Å². The molecule has 1 aromatic carbocycles. The minimum Gasteiger partial charge on any atom is -0.383 e. The van der Waals surface area contributed by atoms with Crippen LogP contribution in [0.5, 0.6) is 0 Å². The van der Waals surface area contributed by atoms with Crippen molar-refractivity contribution in [2.24, 2.45) is 0 Å². The van der Waals surface area contributed by atoms with E-state index in [0.717, 1.165) is 35.5 Å². The first-order valence-corrected chi connectivity index (χ1v) is 11.7. The second-order valence-electron chi connectivity index (χ2n) is 9.17. The zero-order chi connectivity index (χ0) is 23.3. The molecule has 0 amide bonds. The lowest BCUT2D eigenvalue weighted by Crippen LogP contribution is -2.31. The SMILES string of the molecule is Cc1ccc(-n2nnnc2-c2cc(-c3cc4c(s3)CCNCC4(C)C)cnc2N)c(F)c1C. The van der Waals surface area contributed by atoms with E-state index in [1.54, 1.807) is 30.5 Å². The predicted octanol–water partition coefficient (Wildman–Crippen LogP) is 4.21. The number of nitrogens with zero attached hydrogens (tertiary/aromatic N) is 5. The summed E-state index contributed by atoms with van der Waals surface area (Å²) in [7, 11) is 0. The number of hydrogen-bond donors (Lipinski definition) is 2. The zero-order valence-corrected chi connectivity index (χ0v) is 19.9. The quantitative estimate of drug-likeness (QED) is 0.473. The molecule has 0 radical (unpaired) electrons. The van der Waals surface area contributed by atoms with E-state index in [2.05, 4.69) is 45.7 Å². The number of nitrogens with two attached hydrogens (primary N) is 1. The number of fused-ring (bicyclic) bond motifs is 1. The normalized spacial score (nSPS) is 15.3. The van der Waals surface area contributed by atoms with E-state index in [4.69, 9.17) is 5.73 Å².